The van der Waals surface area contributed by atoms with Crippen LogP contribution in [0.4, 0.5) is 0 Å². The average molecular weight is 349 g/mol. The fraction of sp³-hybridized carbons (Fsp3) is 1.00. The lowest BCUT2D eigenvalue weighted by molar-refractivity contribution is -0.870. The Morgan fingerprint density at radius 3 is 1.17 bits per heavy atom. The number of nitrogens with zero attached hydrogens (tertiary/aromatic N) is 1. The van der Waals surface area contributed by atoms with E-state index in [0.29, 0.717) is 0 Å². The van der Waals surface area contributed by atoms with Crippen molar-refractivity contribution in [2.45, 2.75) is 96.8 Å². The van der Waals surface area contributed by atoms with Crippen molar-refractivity contribution >= 4 is 8.69 Å². The fourth-order valence-electron chi connectivity index (χ4n) is 2.78. The minimum absolute atomic E-state index is 0.833. The van der Waals surface area contributed by atoms with E-state index in [1.165, 1.54) is 96.4 Å². The molecule has 23 heavy (non-hydrogen) atoms. The summed E-state index contributed by atoms with van der Waals surface area (Å²) < 4.78 is 9.58. The second-order valence-electron chi connectivity index (χ2n) is 7.69. The van der Waals surface area contributed by atoms with Crippen molar-refractivity contribution in [1.29, 1.82) is 0 Å². The van der Waals surface area contributed by atoms with Crippen molar-refractivity contribution in [3.05, 3.63) is 0 Å². The van der Waals surface area contributed by atoms with E-state index >= 15 is 0 Å². The molecule has 0 rings (SSSR count). The predicted molar refractivity (Wildman–Crippen MR) is 103 cm³/mol. The molecule has 0 bridgehead atoms. The van der Waals surface area contributed by atoms with Crippen LogP contribution < -0.4 is 0 Å². The van der Waals surface area contributed by atoms with Gasteiger partial charge in [-0.05, 0) is 12.8 Å². The fourth-order valence-corrected chi connectivity index (χ4v) is 2.78. The summed E-state index contributed by atoms with van der Waals surface area (Å²) in [6.07, 6.45) is 20.4. The highest BCUT2D eigenvalue weighted by Gasteiger charge is 2.04. The van der Waals surface area contributed by atoms with Gasteiger partial charge in [0.1, 0.15) is 0 Å². The molecule has 0 aliphatic rings. The van der Waals surface area contributed by atoms with Gasteiger partial charge in [0.2, 0.25) is 0 Å². The highest BCUT2D eigenvalue weighted by Crippen LogP contribution is 2.13. The number of hydrogen-bond donors (Lipinski definition) is 1. The topological polar surface area (TPSA) is 37.3 Å². The zero-order valence-electron chi connectivity index (χ0n) is 16.4. The minimum Gasteiger partial charge on any atom is -0.331 e. The van der Waals surface area contributed by atoms with Crippen LogP contribution >= 0.6 is 8.69 Å². The van der Waals surface area contributed by atoms with Crippen LogP contribution in [0.3, 0.4) is 0 Å². The second kappa shape index (κ2) is 20.1. The van der Waals surface area contributed by atoms with Gasteiger partial charge in [-0.1, -0.05) is 84.0 Å². The molecule has 0 spiro atoms. The lowest BCUT2D eigenvalue weighted by atomic mass is 10.0. The van der Waals surface area contributed by atoms with Gasteiger partial charge in [-0.15, -0.1) is 0 Å². The highest BCUT2D eigenvalue weighted by molar-refractivity contribution is 7.16. The summed E-state index contributed by atoms with van der Waals surface area (Å²) in [7, 11) is 6.05. The first-order chi connectivity index (χ1) is 11.0. The molecule has 4 heteroatoms. The summed E-state index contributed by atoms with van der Waals surface area (Å²) in [6.45, 7) is 3.63. The molecule has 0 aliphatic carbocycles. The maximum atomic E-state index is 8.46. The van der Waals surface area contributed by atoms with Crippen LogP contribution in [0.2, 0.25) is 0 Å². The smallest absolute Gasteiger partial charge is 0.324 e. The molecule has 0 heterocycles. The van der Waals surface area contributed by atoms with Gasteiger partial charge in [0.15, 0.2) is 0 Å². The zero-order chi connectivity index (χ0) is 17.8. The molecular weight excluding hydrogens is 305 g/mol. The first-order valence-electron chi connectivity index (χ1n) is 9.75. The van der Waals surface area contributed by atoms with Crippen LogP contribution in [0.5, 0.6) is 0 Å². The van der Waals surface area contributed by atoms with Crippen molar-refractivity contribution in [2.24, 2.45) is 0 Å². The van der Waals surface area contributed by atoms with Crippen LogP contribution in [-0.4, -0.2) is 37.1 Å². The van der Waals surface area contributed by atoms with Crippen molar-refractivity contribution < 1.29 is 13.9 Å². The molecule has 0 saturated carbocycles. The molecule has 0 radical (unpaired) electrons. The normalized spacial score (nSPS) is 11.3. The van der Waals surface area contributed by atoms with Crippen LogP contribution in [0.1, 0.15) is 96.8 Å². The van der Waals surface area contributed by atoms with Crippen LogP contribution in [0, 0.1) is 0 Å². The van der Waals surface area contributed by atoms with E-state index in [9.17, 15) is 0 Å². The second-order valence-corrected chi connectivity index (χ2v) is 7.86. The largest absolute Gasteiger partial charge is 0.331 e. The highest BCUT2D eigenvalue weighted by atomic mass is 31.1. The van der Waals surface area contributed by atoms with E-state index in [-0.39, 0.29) is 0 Å². The van der Waals surface area contributed by atoms with Crippen molar-refractivity contribution in [1.82, 2.24) is 0 Å². The summed E-state index contributed by atoms with van der Waals surface area (Å²) in [5.74, 6) is 0. The number of unbranched alkanes of at least 4 members (excludes halogenated alkanes) is 13. The van der Waals surface area contributed by atoms with Crippen LogP contribution in [-0.2, 0) is 4.57 Å². The number of hydrogen-bond acceptors (Lipinski definition) is 1. The van der Waals surface area contributed by atoms with E-state index in [4.69, 9.17) is 9.46 Å². The molecule has 0 aromatic rings. The van der Waals surface area contributed by atoms with Gasteiger partial charge in [0.05, 0.1) is 27.7 Å². The van der Waals surface area contributed by atoms with E-state index < -0.39 is 8.69 Å². The molecule has 1 N–H and O–H groups in total. The van der Waals surface area contributed by atoms with Gasteiger partial charge in [-0.2, -0.15) is 0 Å². The maximum absolute atomic E-state index is 8.46. The average Bonchev–Trinajstić information content (AvgIpc) is 2.47. The standard InChI is InChI=1S/C19H42N.HO2P/c1-5-6-7-8-9-10-11-12-13-14-15-16-17-18-19-20(2,3)4;1-3-2/h5-19H2,1-4H3;(H,1,2)/q+1;. The van der Waals surface area contributed by atoms with E-state index in [0.717, 1.165) is 4.48 Å². The zero-order valence-corrected chi connectivity index (χ0v) is 17.3. The van der Waals surface area contributed by atoms with E-state index in [2.05, 4.69) is 28.1 Å². The van der Waals surface area contributed by atoms with Gasteiger partial charge >= 0.3 is 8.69 Å². The van der Waals surface area contributed by atoms with Gasteiger partial charge in [-0.3, -0.25) is 0 Å². The molecule has 0 aliphatic heterocycles. The van der Waals surface area contributed by atoms with Gasteiger partial charge in [-0.25, -0.2) is 4.57 Å². The Kier molecular flexibility index (Phi) is 22.0. The van der Waals surface area contributed by atoms with Gasteiger partial charge < -0.3 is 9.38 Å². The Labute approximate surface area is 147 Å². The third-order valence-electron chi connectivity index (χ3n) is 4.18. The summed E-state index contributed by atoms with van der Waals surface area (Å²) in [5, 5.41) is 0. The lowest BCUT2D eigenvalue weighted by Gasteiger charge is -2.23. The summed E-state index contributed by atoms with van der Waals surface area (Å²) in [5.41, 5.74) is 0. The van der Waals surface area contributed by atoms with Crippen LogP contribution in [0.25, 0.3) is 0 Å². The number of quaternary nitrogens is 1. The molecule has 0 amide bonds. The van der Waals surface area contributed by atoms with E-state index in [1.807, 2.05) is 0 Å². The molecule has 140 valence electrons. The van der Waals surface area contributed by atoms with Gasteiger partial charge in [0, 0.05) is 0 Å². The van der Waals surface area contributed by atoms with Crippen molar-refractivity contribution in [2.75, 3.05) is 27.7 Å². The third-order valence-corrected chi connectivity index (χ3v) is 4.18. The number of rotatable bonds is 15. The Hall–Kier alpha value is 0.0200. The van der Waals surface area contributed by atoms with Gasteiger partial charge in [0.25, 0.3) is 0 Å². The lowest BCUT2D eigenvalue weighted by Crippen LogP contribution is -2.35. The molecule has 0 fully saturated rings. The van der Waals surface area contributed by atoms with E-state index in [1.54, 1.807) is 0 Å². The minimum atomic E-state index is -0.833. The summed E-state index contributed by atoms with van der Waals surface area (Å²) in [4.78, 5) is 6.99. The van der Waals surface area contributed by atoms with Crippen molar-refractivity contribution in [3.63, 3.8) is 0 Å². The Bertz CT molecular complexity index is 230. The molecule has 0 aromatic heterocycles. The molecular formula is C19H43NO2P+. The monoisotopic (exact) mass is 348 g/mol. The Balaban J connectivity index is 0. The molecule has 0 unspecified atom stereocenters. The van der Waals surface area contributed by atoms with Crippen molar-refractivity contribution in [3.8, 4) is 0 Å². The van der Waals surface area contributed by atoms with Crippen LogP contribution in [0.15, 0.2) is 0 Å². The first kappa shape index (κ1) is 25.3. The predicted octanol–water partition coefficient (Wildman–Crippen LogP) is 6.36. The quantitative estimate of drug-likeness (QED) is 0.212. The molecule has 0 aromatic carbocycles. The summed E-state index contributed by atoms with van der Waals surface area (Å²) in [6, 6.07) is 0. The molecule has 0 saturated heterocycles. The summed E-state index contributed by atoms with van der Waals surface area (Å²) >= 11 is 0. The first-order valence-corrected chi connectivity index (χ1v) is 10.5. The molecule has 0 atom stereocenters. The molecule has 3 nitrogen and oxygen atoms in total. The maximum Gasteiger partial charge on any atom is 0.324 e. The Morgan fingerprint density at radius 1 is 0.652 bits per heavy atom. The SMILES string of the molecule is CCCCCCCCCCCCCCCC[N+](C)(C)C.O=PO. The third kappa shape index (κ3) is 30.5. The Morgan fingerprint density at radius 2 is 0.913 bits per heavy atom.